The molecule has 0 aromatic heterocycles. The number of hydrogen-bond acceptors (Lipinski definition) is 6. The first-order valence-corrected chi connectivity index (χ1v) is 17.2. The van der Waals surface area contributed by atoms with Crippen LogP contribution in [0.2, 0.25) is 0 Å². The van der Waals surface area contributed by atoms with Crippen LogP contribution in [0.25, 0.3) is 6.08 Å². The second kappa shape index (κ2) is 11.1. The standard InChI is InChI=1S/C39H52O7/c1-23-15-18-39(34(44)45)20-19-37(5)27(32(39)24(23)2)12-13-30-35(3)21-28(42)33(36(4,22-40)29(35)16-17-38(30,37)6)46-31(43)14-9-25-7-10-26(41)11-8-25/h7-12,14,24,28-30,32-33,40-42H,1,13,15-22H2,2-6H3,(H,44,45). The summed E-state index contributed by atoms with van der Waals surface area (Å²) in [6.45, 7) is 15.4. The zero-order chi connectivity index (χ0) is 33.4. The number of hydrogen-bond donors (Lipinski definition) is 4. The van der Waals surface area contributed by atoms with E-state index in [9.17, 15) is 30.0 Å². The van der Waals surface area contributed by atoms with Crippen LogP contribution in [0.1, 0.15) is 91.5 Å². The van der Waals surface area contributed by atoms with Gasteiger partial charge in [0.2, 0.25) is 0 Å². The molecule has 0 radical (unpaired) electrons. The molecule has 7 heteroatoms. The summed E-state index contributed by atoms with van der Waals surface area (Å²) >= 11 is 0. The van der Waals surface area contributed by atoms with Gasteiger partial charge in [0.15, 0.2) is 0 Å². The summed E-state index contributed by atoms with van der Waals surface area (Å²) < 4.78 is 5.97. The highest BCUT2D eigenvalue weighted by Crippen LogP contribution is 2.75. The molecule has 0 heterocycles. The van der Waals surface area contributed by atoms with Gasteiger partial charge in [0.25, 0.3) is 0 Å². The number of carbonyl (C=O) groups excluding carboxylic acids is 1. The largest absolute Gasteiger partial charge is 0.508 e. The van der Waals surface area contributed by atoms with Crippen molar-refractivity contribution in [2.75, 3.05) is 6.61 Å². The number of carboxylic acids is 1. The fraction of sp³-hybridized carbons (Fsp3) is 0.641. The number of aliphatic hydroxyl groups is 2. The van der Waals surface area contributed by atoms with E-state index < -0.39 is 35.0 Å². The fourth-order valence-electron chi connectivity index (χ4n) is 11.8. The zero-order valence-corrected chi connectivity index (χ0v) is 28.1. The lowest BCUT2D eigenvalue weighted by molar-refractivity contribution is -0.249. The Hall–Kier alpha value is -2.90. The number of phenols is 1. The lowest BCUT2D eigenvalue weighted by atomic mass is 9.33. The van der Waals surface area contributed by atoms with Crippen LogP contribution in [0, 0.1) is 50.7 Å². The number of aliphatic hydroxyl groups excluding tert-OH is 2. The highest BCUT2D eigenvalue weighted by atomic mass is 16.6. The number of allylic oxidation sites excluding steroid dienone is 3. The van der Waals surface area contributed by atoms with Crippen LogP contribution in [0.4, 0.5) is 0 Å². The van der Waals surface area contributed by atoms with E-state index in [1.807, 2.05) is 6.92 Å². The lowest BCUT2D eigenvalue weighted by Gasteiger charge is -2.71. The van der Waals surface area contributed by atoms with Crippen LogP contribution >= 0.6 is 0 Å². The van der Waals surface area contributed by atoms with Gasteiger partial charge in [0.05, 0.1) is 18.1 Å². The van der Waals surface area contributed by atoms with Gasteiger partial charge in [0.1, 0.15) is 11.9 Å². The minimum absolute atomic E-state index is 0.0129. The molecule has 5 aliphatic rings. The van der Waals surface area contributed by atoms with Gasteiger partial charge < -0.3 is 25.2 Å². The molecular formula is C39H52O7. The quantitative estimate of drug-likeness (QED) is 0.158. The van der Waals surface area contributed by atoms with Gasteiger partial charge in [-0.25, -0.2) is 4.79 Å². The van der Waals surface area contributed by atoms with Crippen LogP contribution in [-0.4, -0.2) is 51.2 Å². The average molecular weight is 633 g/mol. The number of benzene rings is 1. The van der Waals surface area contributed by atoms with E-state index in [2.05, 4.69) is 40.3 Å². The summed E-state index contributed by atoms with van der Waals surface area (Å²) in [7, 11) is 0. The van der Waals surface area contributed by atoms with Crippen molar-refractivity contribution in [1.82, 2.24) is 0 Å². The molecule has 0 spiro atoms. The maximum atomic E-state index is 13.1. The van der Waals surface area contributed by atoms with Gasteiger partial charge in [-0.05, 0) is 109 Å². The second-order valence-electron chi connectivity index (χ2n) is 16.4. The maximum absolute atomic E-state index is 13.1. The monoisotopic (exact) mass is 632 g/mol. The van der Waals surface area contributed by atoms with E-state index in [1.165, 1.54) is 11.6 Å². The summed E-state index contributed by atoms with van der Waals surface area (Å²) in [6.07, 6.45) is 9.41. The minimum atomic E-state index is -0.947. The highest BCUT2D eigenvalue weighted by Gasteiger charge is 2.71. The van der Waals surface area contributed by atoms with Crippen LogP contribution in [0.5, 0.6) is 5.75 Å². The normalized spacial score (nSPS) is 45.1. The first-order chi connectivity index (χ1) is 21.6. The van der Waals surface area contributed by atoms with Crippen molar-refractivity contribution < 1.29 is 34.8 Å². The Morgan fingerprint density at radius 2 is 1.74 bits per heavy atom. The summed E-state index contributed by atoms with van der Waals surface area (Å²) in [5.41, 5.74) is 0.952. The number of phenolic OH excluding ortho intramolecular Hbond substituents is 1. The topological polar surface area (TPSA) is 124 Å². The molecule has 0 aliphatic heterocycles. The second-order valence-corrected chi connectivity index (χ2v) is 16.4. The number of fused-ring (bicyclic) bond motifs is 7. The zero-order valence-electron chi connectivity index (χ0n) is 28.1. The van der Waals surface area contributed by atoms with Crippen LogP contribution in [-0.2, 0) is 14.3 Å². The van der Waals surface area contributed by atoms with Crippen LogP contribution in [0.15, 0.2) is 54.1 Å². The Kier molecular flexibility index (Phi) is 7.96. The van der Waals surface area contributed by atoms with Gasteiger partial charge in [-0.3, -0.25) is 4.79 Å². The Bertz CT molecular complexity index is 1480. The maximum Gasteiger partial charge on any atom is 0.331 e. The van der Waals surface area contributed by atoms with E-state index in [-0.39, 0.29) is 52.3 Å². The number of aliphatic carboxylic acids is 1. The molecule has 4 N–H and O–H groups in total. The van der Waals surface area contributed by atoms with E-state index in [1.54, 1.807) is 30.3 Å². The van der Waals surface area contributed by atoms with Crippen molar-refractivity contribution in [3.05, 3.63) is 59.7 Å². The summed E-state index contributed by atoms with van der Waals surface area (Å²) in [5.74, 6) is -0.846. The SMILES string of the molecule is C=C1CCC2(C(=O)O)CCC3(C)C(=CCC4C5(C)CC(O)C(OC(=O)C=Cc6ccc(O)cc6)C(C)(CO)C5CCC43C)C2C1C. The molecule has 0 saturated heterocycles. The number of ether oxygens (including phenoxy) is 1. The van der Waals surface area contributed by atoms with E-state index in [0.717, 1.165) is 43.2 Å². The third-order valence-electron chi connectivity index (χ3n) is 14.6. The summed E-state index contributed by atoms with van der Waals surface area (Å²) in [4.78, 5) is 26.0. The Morgan fingerprint density at radius 1 is 1.04 bits per heavy atom. The molecule has 11 unspecified atom stereocenters. The third kappa shape index (κ3) is 4.51. The Balaban J connectivity index is 1.32. The van der Waals surface area contributed by atoms with Gasteiger partial charge in [0, 0.05) is 17.4 Å². The molecule has 250 valence electrons. The first kappa shape index (κ1) is 33.0. The lowest BCUT2D eigenvalue weighted by Crippen LogP contribution is -2.68. The van der Waals surface area contributed by atoms with Gasteiger partial charge in [-0.15, -0.1) is 0 Å². The van der Waals surface area contributed by atoms with Gasteiger partial charge in [-0.2, -0.15) is 0 Å². The van der Waals surface area contributed by atoms with Crippen LogP contribution in [0.3, 0.4) is 0 Å². The average Bonchev–Trinajstić information content (AvgIpc) is 3.00. The predicted molar refractivity (Wildman–Crippen MR) is 176 cm³/mol. The molecule has 46 heavy (non-hydrogen) atoms. The number of rotatable bonds is 5. The predicted octanol–water partition coefficient (Wildman–Crippen LogP) is 6.92. The highest BCUT2D eigenvalue weighted by molar-refractivity contribution is 5.87. The molecule has 5 aliphatic carbocycles. The molecule has 1 aromatic rings. The molecule has 1 aromatic carbocycles. The summed E-state index contributed by atoms with van der Waals surface area (Å²) in [5, 5.41) is 42.9. The van der Waals surface area contributed by atoms with Crippen molar-refractivity contribution in [3.8, 4) is 5.75 Å². The van der Waals surface area contributed by atoms with Crippen molar-refractivity contribution in [2.24, 2.45) is 50.7 Å². The number of esters is 1. The molecule has 6 rings (SSSR count). The summed E-state index contributed by atoms with van der Waals surface area (Å²) in [6, 6.07) is 6.48. The van der Waals surface area contributed by atoms with Gasteiger partial charge in [-0.1, -0.05) is 70.6 Å². The molecule has 7 nitrogen and oxygen atoms in total. The van der Waals surface area contributed by atoms with E-state index >= 15 is 0 Å². The number of aromatic hydroxyl groups is 1. The Morgan fingerprint density at radius 3 is 2.39 bits per heavy atom. The molecule has 4 saturated carbocycles. The third-order valence-corrected chi connectivity index (χ3v) is 14.6. The molecular weight excluding hydrogens is 580 g/mol. The molecule has 0 bridgehead atoms. The van der Waals surface area contributed by atoms with Crippen molar-refractivity contribution in [1.29, 1.82) is 0 Å². The van der Waals surface area contributed by atoms with Crippen LogP contribution < -0.4 is 0 Å². The molecule has 4 fully saturated rings. The van der Waals surface area contributed by atoms with Crippen molar-refractivity contribution >= 4 is 18.0 Å². The minimum Gasteiger partial charge on any atom is -0.508 e. The van der Waals surface area contributed by atoms with Crippen molar-refractivity contribution in [3.63, 3.8) is 0 Å². The Labute approximate surface area is 273 Å². The molecule has 11 atom stereocenters. The smallest absolute Gasteiger partial charge is 0.331 e. The fourth-order valence-corrected chi connectivity index (χ4v) is 11.8. The van der Waals surface area contributed by atoms with E-state index in [4.69, 9.17) is 4.74 Å². The molecule has 0 amide bonds. The number of carboxylic acid groups (broad SMARTS) is 1. The van der Waals surface area contributed by atoms with E-state index in [0.29, 0.717) is 19.3 Å². The van der Waals surface area contributed by atoms with Gasteiger partial charge >= 0.3 is 11.9 Å². The first-order valence-electron chi connectivity index (χ1n) is 17.2. The van der Waals surface area contributed by atoms with Crippen molar-refractivity contribution in [2.45, 2.75) is 98.2 Å². The number of carbonyl (C=O) groups is 2.